The molecule has 0 bridgehead atoms. The zero-order chi connectivity index (χ0) is 30.6. The van der Waals surface area contributed by atoms with E-state index in [1.807, 2.05) is 11.3 Å². The van der Waals surface area contributed by atoms with Gasteiger partial charge in [-0.15, -0.1) is 11.3 Å². The molecule has 0 unspecified atom stereocenters. The Morgan fingerprint density at radius 3 is 1.98 bits per heavy atom. The number of nitrogens with zero attached hydrogens (tertiary/aromatic N) is 2. The molecule has 2 heterocycles. The molecule has 0 aliphatic rings. The first kappa shape index (κ1) is 27.2. The largest absolute Gasteiger partial charge is 0.310 e. The molecule has 2 aromatic heterocycles. The van der Waals surface area contributed by atoms with Gasteiger partial charge in [-0.2, -0.15) is 0 Å². The van der Waals surface area contributed by atoms with E-state index in [0.29, 0.717) is 0 Å². The topological polar surface area (TPSA) is 8.17 Å². The summed E-state index contributed by atoms with van der Waals surface area (Å²) < 4.78 is 6.13. The van der Waals surface area contributed by atoms with Crippen molar-refractivity contribution in [3.05, 3.63) is 168 Å². The van der Waals surface area contributed by atoms with Crippen molar-refractivity contribution in [1.29, 1.82) is 0 Å². The summed E-state index contributed by atoms with van der Waals surface area (Å²) in [5, 5.41) is 5.19. The molecule has 0 fully saturated rings. The lowest BCUT2D eigenvalue weighted by molar-refractivity contribution is 1.18. The molecule has 9 rings (SSSR count). The molecule has 7 aromatic carbocycles. The van der Waals surface area contributed by atoms with Gasteiger partial charge in [-0.3, -0.25) is 0 Å². The Bertz CT molecular complexity index is 2530. The Morgan fingerprint density at radius 1 is 0.457 bits per heavy atom. The molecule has 0 amide bonds. The smallest absolute Gasteiger partial charge is 0.0548 e. The summed E-state index contributed by atoms with van der Waals surface area (Å²) >= 11 is 5.46. The van der Waals surface area contributed by atoms with Crippen molar-refractivity contribution < 1.29 is 0 Å². The number of benzene rings is 7. The van der Waals surface area contributed by atoms with E-state index in [4.69, 9.17) is 0 Å². The second kappa shape index (κ2) is 11.0. The minimum absolute atomic E-state index is 1.08. The first-order valence-corrected chi connectivity index (χ1v) is 17.0. The standard InChI is InChI=1S/C42H27BrN2S/c43-30-20-18-28(19-21-30)29-10-9-15-33(26-29)44(31-11-3-1-4-12-31)34-22-23-37-36(27-34)41-38(45(37)32-13-5-2-6-14-32)24-25-40-42(41)35-16-7-8-17-39(35)46-40/h1-27H. The van der Waals surface area contributed by atoms with Gasteiger partial charge in [-0.05, 0) is 96.1 Å². The average Bonchev–Trinajstić information content (AvgIpc) is 3.65. The fourth-order valence-corrected chi connectivity index (χ4v) is 8.18. The van der Waals surface area contributed by atoms with Crippen molar-refractivity contribution in [2.75, 3.05) is 4.90 Å². The number of para-hydroxylation sites is 2. The van der Waals surface area contributed by atoms with Crippen LogP contribution in [0.4, 0.5) is 17.1 Å². The number of anilines is 3. The summed E-state index contributed by atoms with van der Waals surface area (Å²) in [5.41, 5.74) is 9.30. The van der Waals surface area contributed by atoms with Gasteiger partial charge in [0, 0.05) is 58.2 Å². The zero-order valence-electron chi connectivity index (χ0n) is 24.8. The van der Waals surface area contributed by atoms with E-state index in [9.17, 15) is 0 Å². The van der Waals surface area contributed by atoms with Crippen LogP contribution >= 0.6 is 27.3 Å². The van der Waals surface area contributed by atoms with Crippen LogP contribution in [0.15, 0.2) is 168 Å². The second-order valence-corrected chi connectivity index (χ2v) is 13.5. The first-order valence-electron chi connectivity index (χ1n) is 15.4. The normalized spacial score (nSPS) is 11.6. The third kappa shape index (κ3) is 4.45. The highest BCUT2D eigenvalue weighted by Crippen LogP contribution is 2.45. The van der Waals surface area contributed by atoms with E-state index >= 15 is 0 Å². The molecular weight excluding hydrogens is 644 g/mol. The molecule has 0 aliphatic heterocycles. The summed E-state index contributed by atoms with van der Waals surface area (Å²) in [7, 11) is 0. The number of hydrogen-bond acceptors (Lipinski definition) is 2. The Balaban J connectivity index is 1.34. The van der Waals surface area contributed by atoms with Crippen molar-refractivity contribution in [1.82, 2.24) is 4.57 Å². The van der Waals surface area contributed by atoms with Gasteiger partial charge in [0.25, 0.3) is 0 Å². The van der Waals surface area contributed by atoms with Gasteiger partial charge in [0.15, 0.2) is 0 Å². The predicted octanol–water partition coefficient (Wildman–Crippen LogP) is 13.1. The van der Waals surface area contributed by atoms with Gasteiger partial charge < -0.3 is 9.47 Å². The van der Waals surface area contributed by atoms with Gasteiger partial charge >= 0.3 is 0 Å². The van der Waals surface area contributed by atoms with Crippen LogP contribution in [-0.4, -0.2) is 4.57 Å². The number of rotatable bonds is 5. The van der Waals surface area contributed by atoms with Crippen molar-refractivity contribution in [3.8, 4) is 16.8 Å². The molecule has 46 heavy (non-hydrogen) atoms. The minimum atomic E-state index is 1.08. The van der Waals surface area contributed by atoms with Gasteiger partial charge in [0.05, 0.1) is 11.0 Å². The Hall–Kier alpha value is -5.16. The van der Waals surface area contributed by atoms with Gasteiger partial charge in [0.1, 0.15) is 0 Å². The van der Waals surface area contributed by atoms with Crippen molar-refractivity contribution in [2.45, 2.75) is 0 Å². The predicted molar refractivity (Wildman–Crippen MR) is 201 cm³/mol. The third-order valence-corrected chi connectivity index (χ3v) is 10.5. The van der Waals surface area contributed by atoms with Crippen molar-refractivity contribution >= 4 is 86.3 Å². The molecule has 0 atom stereocenters. The van der Waals surface area contributed by atoms with Crippen LogP contribution in [0, 0.1) is 0 Å². The number of aromatic nitrogens is 1. The van der Waals surface area contributed by atoms with E-state index in [-0.39, 0.29) is 0 Å². The molecule has 218 valence electrons. The van der Waals surface area contributed by atoms with Crippen LogP contribution in [0.25, 0.3) is 58.8 Å². The lowest BCUT2D eigenvalue weighted by Crippen LogP contribution is -2.09. The summed E-state index contributed by atoms with van der Waals surface area (Å²) in [5.74, 6) is 0. The van der Waals surface area contributed by atoms with Crippen molar-refractivity contribution in [2.24, 2.45) is 0 Å². The van der Waals surface area contributed by atoms with Gasteiger partial charge in [-0.25, -0.2) is 0 Å². The molecule has 9 aromatic rings. The number of fused-ring (bicyclic) bond motifs is 7. The minimum Gasteiger partial charge on any atom is -0.310 e. The zero-order valence-corrected chi connectivity index (χ0v) is 27.2. The Labute approximate surface area is 279 Å². The fourth-order valence-electron chi connectivity index (χ4n) is 6.80. The van der Waals surface area contributed by atoms with Crippen LogP contribution in [0.5, 0.6) is 0 Å². The first-order chi connectivity index (χ1) is 22.7. The summed E-state index contributed by atoms with van der Waals surface area (Å²) in [6.07, 6.45) is 0. The number of hydrogen-bond donors (Lipinski definition) is 0. The number of thiophene rings is 1. The third-order valence-electron chi connectivity index (χ3n) is 8.82. The van der Waals surface area contributed by atoms with Crippen molar-refractivity contribution in [3.63, 3.8) is 0 Å². The highest BCUT2D eigenvalue weighted by Gasteiger charge is 2.20. The van der Waals surface area contributed by atoms with Crippen LogP contribution in [0.1, 0.15) is 0 Å². The summed E-state index contributed by atoms with van der Waals surface area (Å²) in [6.45, 7) is 0. The monoisotopic (exact) mass is 670 g/mol. The molecule has 0 spiro atoms. The van der Waals surface area contributed by atoms with E-state index < -0.39 is 0 Å². The lowest BCUT2D eigenvalue weighted by atomic mass is 10.0. The van der Waals surface area contributed by atoms with E-state index in [2.05, 4.69) is 189 Å². The average molecular weight is 672 g/mol. The number of halogens is 1. The maximum Gasteiger partial charge on any atom is 0.0548 e. The quantitative estimate of drug-likeness (QED) is 0.177. The fraction of sp³-hybridized carbons (Fsp3) is 0. The van der Waals surface area contributed by atoms with E-state index in [1.165, 1.54) is 53.1 Å². The molecule has 0 aliphatic carbocycles. The molecule has 0 radical (unpaired) electrons. The van der Waals surface area contributed by atoms with Crippen LogP contribution in [0.3, 0.4) is 0 Å². The highest BCUT2D eigenvalue weighted by molar-refractivity contribution is 9.10. The Kier molecular flexibility index (Phi) is 6.51. The highest BCUT2D eigenvalue weighted by atomic mass is 79.9. The van der Waals surface area contributed by atoms with Crippen LogP contribution in [0.2, 0.25) is 0 Å². The maximum absolute atomic E-state index is 3.59. The van der Waals surface area contributed by atoms with Gasteiger partial charge in [-0.1, -0.05) is 94.8 Å². The lowest BCUT2D eigenvalue weighted by Gasteiger charge is -2.26. The van der Waals surface area contributed by atoms with Crippen LogP contribution < -0.4 is 4.90 Å². The molecule has 2 nitrogen and oxygen atoms in total. The Morgan fingerprint density at radius 2 is 1.15 bits per heavy atom. The molecule has 0 saturated heterocycles. The SMILES string of the molecule is Brc1ccc(-c2cccc(N(c3ccccc3)c3ccc4c(c3)c3c5c(ccc3n4-c3ccccc3)sc3ccccc35)c2)cc1. The molecule has 4 heteroatoms. The summed E-state index contributed by atoms with van der Waals surface area (Å²) in [6, 6.07) is 59.1. The van der Waals surface area contributed by atoms with E-state index in [1.54, 1.807) is 0 Å². The molecule has 0 saturated carbocycles. The molecule has 0 N–H and O–H groups in total. The summed E-state index contributed by atoms with van der Waals surface area (Å²) in [4.78, 5) is 2.37. The molecular formula is C42H27BrN2S. The maximum atomic E-state index is 3.59. The van der Waals surface area contributed by atoms with Gasteiger partial charge in [0.2, 0.25) is 0 Å². The second-order valence-electron chi connectivity index (χ2n) is 11.5. The van der Waals surface area contributed by atoms with E-state index in [0.717, 1.165) is 27.2 Å². The van der Waals surface area contributed by atoms with Crippen LogP contribution in [-0.2, 0) is 0 Å².